The van der Waals surface area contributed by atoms with Crippen LogP contribution in [0.3, 0.4) is 0 Å². The van der Waals surface area contributed by atoms with Crippen molar-refractivity contribution in [3.8, 4) is 0 Å². The first-order chi connectivity index (χ1) is 8.40. The SMILES string of the molecule is CN(C)C[C@@H]1C[C@@H](CCCB(O)O)[C@@H](C(=O)O)N1. The summed E-state index contributed by atoms with van der Waals surface area (Å²) in [5.41, 5.74) is 0. The summed E-state index contributed by atoms with van der Waals surface area (Å²) in [5.74, 6) is -0.739. The molecule has 0 aromatic rings. The van der Waals surface area contributed by atoms with Crippen molar-refractivity contribution in [3.63, 3.8) is 0 Å². The monoisotopic (exact) mass is 258 g/mol. The van der Waals surface area contributed by atoms with E-state index in [1.54, 1.807) is 0 Å². The first kappa shape index (κ1) is 15.4. The van der Waals surface area contributed by atoms with E-state index >= 15 is 0 Å². The van der Waals surface area contributed by atoms with Crippen LogP contribution in [0.25, 0.3) is 0 Å². The molecule has 0 aromatic carbocycles. The van der Waals surface area contributed by atoms with Gasteiger partial charge in [-0.1, -0.05) is 6.42 Å². The smallest absolute Gasteiger partial charge is 0.451 e. The molecule has 0 aliphatic carbocycles. The molecular weight excluding hydrogens is 235 g/mol. The summed E-state index contributed by atoms with van der Waals surface area (Å²) in [7, 11) is 2.64. The normalized spacial score (nSPS) is 27.7. The third kappa shape index (κ3) is 4.93. The molecule has 3 atom stereocenters. The van der Waals surface area contributed by atoms with E-state index in [9.17, 15) is 4.79 Å². The van der Waals surface area contributed by atoms with E-state index in [1.165, 1.54) is 0 Å². The molecule has 104 valence electrons. The summed E-state index contributed by atoms with van der Waals surface area (Å²) >= 11 is 0. The number of carbonyl (C=O) groups is 1. The van der Waals surface area contributed by atoms with Crippen molar-refractivity contribution in [1.29, 1.82) is 0 Å². The van der Waals surface area contributed by atoms with Crippen LogP contribution in [0.4, 0.5) is 0 Å². The second kappa shape index (κ2) is 7.08. The zero-order chi connectivity index (χ0) is 13.7. The molecule has 1 aliphatic rings. The Morgan fingerprint density at radius 2 is 2.11 bits per heavy atom. The van der Waals surface area contributed by atoms with Crippen LogP contribution in [0.5, 0.6) is 0 Å². The van der Waals surface area contributed by atoms with Gasteiger partial charge in [-0.25, -0.2) is 0 Å². The molecular formula is C11H23BN2O4. The predicted molar refractivity (Wildman–Crippen MR) is 69.2 cm³/mol. The lowest BCUT2D eigenvalue weighted by molar-refractivity contribution is -0.140. The Bertz CT molecular complexity index is 276. The van der Waals surface area contributed by atoms with Crippen molar-refractivity contribution < 1.29 is 19.9 Å². The summed E-state index contributed by atoms with van der Waals surface area (Å²) in [4.78, 5) is 13.2. The number of hydrogen-bond donors (Lipinski definition) is 4. The standard InChI is InChI=1S/C11H23BN2O4/c1-14(2)7-9-6-8(4-3-5-12(17)18)10(13-9)11(15)16/h8-10,13,17-18H,3-7H2,1-2H3,(H,15,16)/t8-,9+,10+/m1/s1. The molecule has 0 aromatic heterocycles. The predicted octanol–water partition coefficient (Wildman–Crippen LogP) is -0.768. The molecule has 0 radical (unpaired) electrons. The van der Waals surface area contributed by atoms with Crippen molar-refractivity contribution >= 4 is 13.1 Å². The molecule has 0 unspecified atom stereocenters. The van der Waals surface area contributed by atoms with E-state index in [2.05, 4.69) is 5.32 Å². The fourth-order valence-electron chi connectivity index (χ4n) is 2.65. The average Bonchev–Trinajstić information content (AvgIpc) is 2.59. The second-order valence-corrected chi connectivity index (χ2v) is 5.35. The Balaban J connectivity index is 2.45. The Morgan fingerprint density at radius 1 is 1.44 bits per heavy atom. The minimum absolute atomic E-state index is 0.0752. The van der Waals surface area contributed by atoms with Gasteiger partial charge >= 0.3 is 13.1 Å². The maximum atomic E-state index is 11.2. The molecule has 1 fully saturated rings. The van der Waals surface area contributed by atoms with Crippen molar-refractivity contribution in [2.24, 2.45) is 5.92 Å². The Labute approximate surface area is 108 Å². The number of hydrogen-bond acceptors (Lipinski definition) is 5. The van der Waals surface area contributed by atoms with E-state index in [-0.39, 0.29) is 12.0 Å². The van der Waals surface area contributed by atoms with Gasteiger partial charge in [-0.3, -0.25) is 4.79 Å². The Kier molecular flexibility index (Phi) is 6.07. The van der Waals surface area contributed by atoms with Gasteiger partial charge < -0.3 is 25.4 Å². The number of rotatable bonds is 7. The van der Waals surface area contributed by atoms with Crippen molar-refractivity contribution in [3.05, 3.63) is 0 Å². The van der Waals surface area contributed by atoms with Gasteiger partial charge in [-0.05, 0) is 39.2 Å². The second-order valence-electron chi connectivity index (χ2n) is 5.35. The Hall–Kier alpha value is -0.625. The van der Waals surface area contributed by atoms with Crippen LogP contribution < -0.4 is 5.32 Å². The average molecular weight is 258 g/mol. The lowest BCUT2D eigenvalue weighted by atomic mass is 9.81. The summed E-state index contributed by atoms with van der Waals surface area (Å²) in [6, 6.07) is -0.309. The third-order valence-electron chi connectivity index (χ3n) is 3.36. The van der Waals surface area contributed by atoms with Crippen molar-refractivity contribution in [1.82, 2.24) is 10.2 Å². The van der Waals surface area contributed by atoms with Crippen molar-refractivity contribution in [2.75, 3.05) is 20.6 Å². The molecule has 7 heteroatoms. The minimum atomic E-state index is -1.29. The highest BCUT2D eigenvalue weighted by Gasteiger charge is 2.37. The third-order valence-corrected chi connectivity index (χ3v) is 3.36. The molecule has 4 N–H and O–H groups in total. The molecule has 18 heavy (non-hydrogen) atoms. The fraction of sp³-hybridized carbons (Fsp3) is 0.909. The van der Waals surface area contributed by atoms with E-state index in [1.807, 2.05) is 19.0 Å². The van der Waals surface area contributed by atoms with Gasteiger partial charge in [-0.15, -0.1) is 0 Å². The molecule has 6 nitrogen and oxygen atoms in total. The van der Waals surface area contributed by atoms with Gasteiger partial charge in [0.05, 0.1) is 0 Å². The van der Waals surface area contributed by atoms with Crippen LogP contribution in [0.15, 0.2) is 0 Å². The maximum Gasteiger partial charge on any atom is 0.451 e. The molecule has 1 aliphatic heterocycles. The summed E-state index contributed by atoms with van der Waals surface area (Å²) in [5, 5.41) is 29.9. The lowest BCUT2D eigenvalue weighted by Crippen LogP contribution is -2.41. The summed E-state index contributed by atoms with van der Waals surface area (Å²) in [6.07, 6.45) is 2.49. The van der Waals surface area contributed by atoms with Gasteiger partial charge in [-0.2, -0.15) is 0 Å². The van der Waals surface area contributed by atoms with Crippen LogP contribution in [0.1, 0.15) is 19.3 Å². The first-order valence-corrected chi connectivity index (χ1v) is 6.40. The van der Waals surface area contributed by atoms with Gasteiger partial charge in [0.1, 0.15) is 6.04 Å². The highest BCUT2D eigenvalue weighted by Crippen LogP contribution is 2.26. The molecule has 1 rings (SSSR count). The largest absolute Gasteiger partial charge is 0.480 e. The highest BCUT2D eigenvalue weighted by molar-refractivity contribution is 6.40. The maximum absolute atomic E-state index is 11.2. The van der Waals surface area contributed by atoms with E-state index in [0.717, 1.165) is 13.0 Å². The minimum Gasteiger partial charge on any atom is -0.480 e. The van der Waals surface area contributed by atoms with E-state index in [4.69, 9.17) is 15.2 Å². The van der Waals surface area contributed by atoms with Crippen LogP contribution in [-0.2, 0) is 4.79 Å². The summed E-state index contributed by atoms with van der Waals surface area (Å²) in [6.45, 7) is 0.822. The van der Waals surface area contributed by atoms with E-state index < -0.39 is 19.1 Å². The molecule has 1 heterocycles. The topological polar surface area (TPSA) is 93.0 Å². The van der Waals surface area contributed by atoms with Gasteiger partial charge in [0.25, 0.3) is 0 Å². The number of likely N-dealkylation sites (N-methyl/N-ethyl adjacent to an activating group) is 1. The van der Waals surface area contributed by atoms with Crippen LogP contribution in [-0.4, -0.2) is 65.9 Å². The highest BCUT2D eigenvalue weighted by atomic mass is 16.4. The van der Waals surface area contributed by atoms with Crippen LogP contribution in [0.2, 0.25) is 6.32 Å². The number of carboxylic acid groups (broad SMARTS) is 1. The van der Waals surface area contributed by atoms with E-state index in [0.29, 0.717) is 19.2 Å². The number of carboxylic acids is 1. The lowest BCUT2D eigenvalue weighted by Gasteiger charge is -2.16. The fourth-order valence-corrected chi connectivity index (χ4v) is 2.65. The van der Waals surface area contributed by atoms with Gasteiger partial charge in [0.2, 0.25) is 0 Å². The number of nitrogens with zero attached hydrogens (tertiary/aromatic N) is 1. The van der Waals surface area contributed by atoms with Gasteiger partial charge in [0.15, 0.2) is 0 Å². The molecule has 0 spiro atoms. The van der Waals surface area contributed by atoms with Crippen molar-refractivity contribution in [2.45, 2.75) is 37.7 Å². The first-order valence-electron chi connectivity index (χ1n) is 6.40. The molecule has 1 saturated heterocycles. The number of aliphatic carboxylic acids is 1. The summed E-state index contributed by atoms with van der Waals surface area (Å²) < 4.78 is 0. The quantitative estimate of drug-likeness (QED) is 0.448. The molecule has 0 amide bonds. The van der Waals surface area contributed by atoms with Crippen LogP contribution >= 0.6 is 0 Å². The van der Waals surface area contributed by atoms with Gasteiger partial charge in [0, 0.05) is 12.6 Å². The molecule has 0 bridgehead atoms. The molecule has 0 saturated carbocycles. The van der Waals surface area contributed by atoms with Crippen LogP contribution in [0, 0.1) is 5.92 Å². The zero-order valence-corrected chi connectivity index (χ0v) is 11.0. The Morgan fingerprint density at radius 3 is 2.61 bits per heavy atom. The number of nitrogens with one attached hydrogen (secondary N) is 1. The zero-order valence-electron chi connectivity index (χ0n) is 11.0.